The zero-order valence-electron chi connectivity index (χ0n) is 12.6. The first kappa shape index (κ1) is 15.8. The molecule has 0 fully saturated rings. The number of aromatic nitrogens is 2. The van der Waals surface area contributed by atoms with Crippen molar-refractivity contribution in [1.82, 2.24) is 10.1 Å². The van der Waals surface area contributed by atoms with Crippen molar-refractivity contribution in [2.24, 2.45) is 0 Å². The number of fused-ring (bicyclic) bond motifs is 1. The Kier molecular flexibility index (Phi) is 3.91. The third-order valence-corrected chi connectivity index (χ3v) is 7.55. The van der Waals surface area contributed by atoms with Crippen molar-refractivity contribution in [2.75, 3.05) is 11.3 Å². The van der Waals surface area contributed by atoms with Gasteiger partial charge in [-0.25, -0.2) is 8.42 Å². The number of hydrogen-bond donors (Lipinski definition) is 1. The third-order valence-electron chi connectivity index (χ3n) is 3.55. The van der Waals surface area contributed by atoms with Crippen LogP contribution in [0.1, 0.15) is 16.3 Å². The summed E-state index contributed by atoms with van der Waals surface area (Å²) in [4.78, 5) is 5.25. The van der Waals surface area contributed by atoms with E-state index in [1.54, 1.807) is 24.4 Å². The summed E-state index contributed by atoms with van der Waals surface area (Å²) in [5.41, 5.74) is 1.68. The summed E-state index contributed by atoms with van der Waals surface area (Å²) in [6, 6.07) is 3.27. The van der Waals surface area contributed by atoms with Crippen LogP contribution in [0.15, 0.2) is 26.2 Å². The maximum absolute atomic E-state index is 12.6. The highest BCUT2D eigenvalue weighted by molar-refractivity contribution is 7.94. The van der Waals surface area contributed by atoms with Crippen molar-refractivity contribution in [3.63, 3.8) is 0 Å². The van der Waals surface area contributed by atoms with E-state index in [0.29, 0.717) is 41.9 Å². The highest BCUT2D eigenvalue weighted by atomic mass is 32.2. The van der Waals surface area contributed by atoms with Gasteiger partial charge in [-0.15, -0.1) is 22.7 Å². The molecule has 3 aromatic heterocycles. The van der Waals surface area contributed by atoms with E-state index >= 15 is 0 Å². The molecule has 3 aromatic rings. The molecule has 0 saturated heterocycles. The van der Waals surface area contributed by atoms with Gasteiger partial charge in [-0.3, -0.25) is 4.72 Å². The Hall–Kier alpha value is -1.75. The van der Waals surface area contributed by atoms with Gasteiger partial charge in [0, 0.05) is 4.88 Å². The van der Waals surface area contributed by atoms with E-state index in [2.05, 4.69) is 14.9 Å². The van der Waals surface area contributed by atoms with E-state index < -0.39 is 10.0 Å². The molecule has 10 heteroatoms. The average Bonchev–Trinajstić information content (AvgIpc) is 3.25. The third kappa shape index (κ3) is 2.75. The Morgan fingerprint density at radius 2 is 2.25 bits per heavy atom. The molecule has 1 aliphatic heterocycles. The summed E-state index contributed by atoms with van der Waals surface area (Å²) in [6.07, 6.45) is 0.684. The topological polar surface area (TPSA) is 94.3 Å². The van der Waals surface area contributed by atoms with Gasteiger partial charge < -0.3 is 9.26 Å². The molecule has 1 aliphatic rings. The number of sulfonamides is 1. The normalized spacial score (nSPS) is 14.5. The van der Waals surface area contributed by atoms with Crippen LogP contribution in [-0.4, -0.2) is 25.2 Å². The van der Waals surface area contributed by atoms with Crippen molar-refractivity contribution in [3.05, 3.63) is 33.8 Å². The Morgan fingerprint density at radius 3 is 2.96 bits per heavy atom. The highest BCUT2D eigenvalue weighted by Gasteiger charge is 2.28. The van der Waals surface area contributed by atoms with Gasteiger partial charge in [0.25, 0.3) is 15.9 Å². The van der Waals surface area contributed by atoms with Crippen molar-refractivity contribution in [2.45, 2.75) is 24.2 Å². The molecule has 0 atom stereocenters. The Morgan fingerprint density at radius 1 is 1.38 bits per heavy atom. The molecule has 0 spiro atoms. The Bertz CT molecular complexity index is 973. The van der Waals surface area contributed by atoms with Crippen LogP contribution < -0.4 is 4.72 Å². The molecule has 0 aromatic carbocycles. The predicted molar refractivity (Wildman–Crippen MR) is 90.8 cm³/mol. The Balaban J connectivity index is 1.82. The lowest BCUT2D eigenvalue weighted by Gasteiger charge is -2.12. The van der Waals surface area contributed by atoms with Crippen LogP contribution in [0.3, 0.4) is 0 Å². The average molecular weight is 383 g/mol. The van der Waals surface area contributed by atoms with E-state index in [-0.39, 0.29) is 4.21 Å². The second-order valence-corrected chi connectivity index (χ2v) is 9.16. The first-order valence-corrected chi connectivity index (χ1v) is 10.3. The zero-order valence-corrected chi connectivity index (χ0v) is 15.1. The van der Waals surface area contributed by atoms with Gasteiger partial charge in [0.15, 0.2) is 5.82 Å². The van der Waals surface area contributed by atoms with Crippen LogP contribution in [0.2, 0.25) is 0 Å². The summed E-state index contributed by atoms with van der Waals surface area (Å²) >= 11 is 2.52. The molecule has 126 valence electrons. The van der Waals surface area contributed by atoms with Gasteiger partial charge in [-0.1, -0.05) is 11.2 Å². The lowest BCUT2D eigenvalue weighted by molar-refractivity contribution is 0.113. The zero-order chi connectivity index (χ0) is 16.7. The molecule has 4 heterocycles. The van der Waals surface area contributed by atoms with Gasteiger partial charge in [0.1, 0.15) is 9.21 Å². The molecular weight excluding hydrogens is 370 g/mol. The predicted octanol–water partition coefficient (Wildman–Crippen LogP) is 3.04. The largest absolute Gasteiger partial charge is 0.376 e. The summed E-state index contributed by atoms with van der Waals surface area (Å²) in [7, 11) is -3.64. The SMILES string of the molecule is Cc1noc(-c2c(NS(=O)(=O)c3cccs3)sc3c2CCOC3)n1. The van der Waals surface area contributed by atoms with Crippen LogP contribution in [0, 0.1) is 6.92 Å². The molecule has 0 aliphatic carbocycles. The Labute approximate surface area is 146 Å². The molecule has 0 unspecified atom stereocenters. The molecular formula is C14H13N3O4S3. The van der Waals surface area contributed by atoms with E-state index in [0.717, 1.165) is 10.4 Å². The van der Waals surface area contributed by atoms with E-state index in [1.165, 1.54) is 22.7 Å². The van der Waals surface area contributed by atoms with Gasteiger partial charge >= 0.3 is 0 Å². The second-order valence-electron chi connectivity index (χ2n) is 5.19. The maximum atomic E-state index is 12.6. The first-order chi connectivity index (χ1) is 11.5. The monoisotopic (exact) mass is 383 g/mol. The summed E-state index contributed by atoms with van der Waals surface area (Å²) in [5, 5.41) is 6.04. The fourth-order valence-electron chi connectivity index (χ4n) is 2.52. The molecule has 1 N–H and O–H groups in total. The number of thiophene rings is 2. The molecule has 7 nitrogen and oxygen atoms in total. The van der Waals surface area contributed by atoms with Crippen LogP contribution >= 0.6 is 22.7 Å². The molecule has 4 rings (SSSR count). The lowest BCUT2D eigenvalue weighted by atomic mass is 10.1. The number of nitrogens with one attached hydrogen (secondary N) is 1. The standard InChI is InChI=1S/C14H13N3O4S3/c1-8-15-13(21-16-8)12-9-4-5-20-7-10(9)23-14(12)17-24(18,19)11-3-2-6-22-11/h2-3,6,17H,4-5,7H2,1H3. The van der Waals surface area contributed by atoms with Crippen LogP contribution in [0.5, 0.6) is 0 Å². The van der Waals surface area contributed by atoms with Crippen LogP contribution in [0.25, 0.3) is 11.5 Å². The number of nitrogens with zero attached hydrogens (tertiary/aromatic N) is 2. The van der Waals surface area contributed by atoms with E-state index in [9.17, 15) is 8.42 Å². The van der Waals surface area contributed by atoms with Gasteiger partial charge in [-0.2, -0.15) is 4.98 Å². The number of rotatable bonds is 4. The molecule has 0 bridgehead atoms. The first-order valence-electron chi connectivity index (χ1n) is 7.14. The highest BCUT2D eigenvalue weighted by Crippen LogP contribution is 2.43. The number of aryl methyl sites for hydroxylation is 1. The van der Waals surface area contributed by atoms with Crippen molar-refractivity contribution in [1.29, 1.82) is 0 Å². The number of anilines is 1. The maximum Gasteiger partial charge on any atom is 0.272 e. The summed E-state index contributed by atoms with van der Waals surface area (Å²) in [6.45, 7) is 2.77. The van der Waals surface area contributed by atoms with Gasteiger partial charge in [0.05, 0.1) is 18.8 Å². The van der Waals surface area contributed by atoms with Crippen LogP contribution in [-0.2, 0) is 27.8 Å². The lowest BCUT2D eigenvalue weighted by Crippen LogP contribution is -2.11. The molecule has 0 amide bonds. The quantitative estimate of drug-likeness (QED) is 0.744. The minimum atomic E-state index is -3.64. The fourth-order valence-corrected chi connectivity index (χ4v) is 5.99. The second kappa shape index (κ2) is 5.96. The number of ether oxygens (including phenoxy) is 1. The fraction of sp³-hybridized carbons (Fsp3) is 0.286. The summed E-state index contributed by atoms with van der Waals surface area (Å²) in [5.74, 6) is 0.833. The van der Waals surface area contributed by atoms with Crippen LogP contribution in [0.4, 0.5) is 5.00 Å². The van der Waals surface area contributed by atoms with E-state index in [4.69, 9.17) is 9.26 Å². The van der Waals surface area contributed by atoms with Crippen molar-refractivity contribution >= 4 is 37.7 Å². The summed E-state index contributed by atoms with van der Waals surface area (Å²) < 4.78 is 38.8. The smallest absolute Gasteiger partial charge is 0.272 e. The molecule has 24 heavy (non-hydrogen) atoms. The number of hydrogen-bond acceptors (Lipinski definition) is 8. The van der Waals surface area contributed by atoms with Gasteiger partial charge in [-0.05, 0) is 30.4 Å². The molecule has 0 saturated carbocycles. The van der Waals surface area contributed by atoms with Gasteiger partial charge in [0.2, 0.25) is 0 Å². The molecule has 0 radical (unpaired) electrons. The van der Waals surface area contributed by atoms with Crippen molar-refractivity contribution < 1.29 is 17.7 Å². The minimum Gasteiger partial charge on any atom is -0.376 e. The minimum absolute atomic E-state index is 0.262. The van der Waals surface area contributed by atoms with E-state index in [1.807, 2.05) is 0 Å². The van der Waals surface area contributed by atoms with Crippen molar-refractivity contribution in [3.8, 4) is 11.5 Å².